The number of benzene rings is 1. The largest absolute Gasteiger partial charge is 0.493 e. The third-order valence-corrected chi connectivity index (χ3v) is 3.35. The van der Waals surface area contributed by atoms with Gasteiger partial charge in [0.1, 0.15) is 0 Å². The molecular formula is C20H30N2O6. The number of imide groups is 1. The van der Waals surface area contributed by atoms with Crippen LogP contribution in [0.5, 0.6) is 11.5 Å². The van der Waals surface area contributed by atoms with E-state index in [9.17, 15) is 14.4 Å². The normalized spacial score (nSPS) is 12.1. The Morgan fingerprint density at radius 1 is 1.07 bits per heavy atom. The highest BCUT2D eigenvalue weighted by Gasteiger charge is 2.23. The molecule has 156 valence electrons. The topological polar surface area (TPSA) is 103 Å². The second kappa shape index (κ2) is 9.96. The maximum Gasteiger partial charge on any atom is 0.339 e. The standard InChI is InChI=1S/C20H30N2O6/c1-12(2)11-27-15-9-8-14(10-16(15)26-7)18(24)28-13(3)17(23)21-19(25)22-20(4,5)6/h8-10,12-13H,11H2,1-7H3,(H2,21,22,23,25)/t13-/m1/s1. The maximum absolute atomic E-state index is 12.3. The lowest BCUT2D eigenvalue weighted by molar-refractivity contribution is -0.127. The summed E-state index contributed by atoms with van der Waals surface area (Å²) in [5, 5.41) is 4.73. The van der Waals surface area contributed by atoms with E-state index in [0.717, 1.165) is 0 Å². The molecule has 0 aliphatic carbocycles. The average molecular weight is 394 g/mol. The third-order valence-electron chi connectivity index (χ3n) is 3.35. The van der Waals surface area contributed by atoms with Crippen LogP contribution in [0.1, 0.15) is 51.9 Å². The van der Waals surface area contributed by atoms with E-state index in [0.29, 0.717) is 24.0 Å². The van der Waals surface area contributed by atoms with Crippen molar-refractivity contribution >= 4 is 17.9 Å². The van der Waals surface area contributed by atoms with Crippen molar-refractivity contribution in [2.24, 2.45) is 5.92 Å². The Morgan fingerprint density at radius 2 is 1.71 bits per heavy atom. The Kier molecular flexibility index (Phi) is 8.28. The van der Waals surface area contributed by atoms with Gasteiger partial charge in [-0.25, -0.2) is 9.59 Å². The first-order chi connectivity index (χ1) is 12.9. The summed E-state index contributed by atoms with van der Waals surface area (Å²) >= 11 is 0. The van der Waals surface area contributed by atoms with Crippen LogP contribution in [0.4, 0.5) is 4.79 Å². The Bertz CT molecular complexity index is 709. The van der Waals surface area contributed by atoms with E-state index < -0.39 is 29.6 Å². The number of hydrogen-bond donors (Lipinski definition) is 2. The minimum absolute atomic E-state index is 0.201. The van der Waals surface area contributed by atoms with Gasteiger partial charge in [-0.2, -0.15) is 0 Å². The Hall–Kier alpha value is -2.77. The number of urea groups is 1. The van der Waals surface area contributed by atoms with Crippen molar-refractivity contribution in [2.45, 2.75) is 53.2 Å². The molecule has 0 spiro atoms. The van der Waals surface area contributed by atoms with Gasteiger partial charge < -0.3 is 19.5 Å². The van der Waals surface area contributed by atoms with Crippen LogP contribution in [-0.4, -0.2) is 43.3 Å². The molecule has 3 amide bonds. The van der Waals surface area contributed by atoms with Gasteiger partial charge in [-0.15, -0.1) is 0 Å². The van der Waals surface area contributed by atoms with E-state index in [4.69, 9.17) is 14.2 Å². The van der Waals surface area contributed by atoms with Crippen LogP contribution in [0.25, 0.3) is 0 Å². The summed E-state index contributed by atoms with van der Waals surface area (Å²) in [6, 6.07) is 3.96. The SMILES string of the molecule is COc1cc(C(=O)O[C@H](C)C(=O)NC(=O)NC(C)(C)C)ccc1OCC(C)C. The number of carbonyl (C=O) groups is 3. The van der Waals surface area contributed by atoms with E-state index in [1.54, 1.807) is 26.8 Å². The van der Waals surface area contributed by atoms with Crippen molar-refractivity contribution in [3.8, 4) is 11.5 Å². The molecule has 0 aromatic heterocycles. The zero-order valence-electron chi connectivity index (χ0n) is 17.5. The highest BCUT2D eigenvalue weighted by atomic mass is 16.5. The quantitative estimate of drug-likeness (QED) is 0.690. The van der Waals surface area contributed by atoms with Crippen LogP contribution in [0.3, 0.4) is 0 Å². The molecule has 0 aliphatic rings. The van der Waals surface area contributed by atoms with E-state index >= 15 is 0 Å². The number of ether oxygens (including phenoxy) is 3. The Balaban J connectivity index is 2.73. The van der Waals surface area contributed by atoms with Gasteiger partial charge in [0, 0.05) is 5.54 Å². The van der Waals surface area contributed by atoms with E-state index in [1.807, 2.05) is 13.8 Å². The predicted octanol–water partition coefficient (Wildman–Crippen LogP) is 2.90. The zero-order chi connectivity index (χ0) is 21.5. The molecule has 0 heterocycles. The summed E-state index contributed by atoms with van der Waals surface area (Å²) in [4.78, 5) is 36.1. The fourth-order valence-corrected chi connectivity index (χ4v) is 2.04. The van der Waals surface area contributed by atoms with Gasteiger partial charge in [0.25, 0.3) is 5.91 Å². The lowest BCUT2D eigenvalue weighted by Gasteiger charge is -2.21. The summed E-state index contributed by atoms with van der Waals surface area (Å²) in [6.07, 6.45) is -1.15. The minimum atomic E-state index is -1.15. The summed E-state index contributed by atoms with van der Waals surface area (Å²) < 4.78 is 16.0. The molecule has 28 heavy (non-hydrogen) atoms. The van der Waals surface area contributed by atoms with Crippen molar-refractivity contribution in [2.75, 3.05) is 13.7 Å². The van der Waals surface area contributed by atoms with Crippen LogP contribution in [0.15, 0.2) is 18.2 Å². The molecule has 0 bridgehead atoms. The molecule has 1 aromatic rings. The van der Waals surface area contributed by atoms with Crippen molar-refractivity contribution in [1.82, 2.24) is 10.6 Å². The highest BCUT2D eigenvalue weighted by Crippen LogP contribution is 2.29. The van der Waals surface area contributed by atoms with Crippen LogP contribution in [0, 0.1) is 5.92 Å². The van der Waals surface area contributed by atoms with Crippen LogP contribution in [0.2, 0.25) is 0 Å². The lowest BCUT2D eigenvalue weighted by atomic mass is 10.1. The Labute approximate surface area is 165 Å². The van der Waals surface area contributed by atoms with Crippen LogP contribution >= 0.6 is 0 Å². The zero-order valence-corrected chi connectivity index (χ0v) is 17.5. The summed E-state index contributed by atoms with van der Waals surface area (Å²) in [5.41, 5.74) is -0.298. The van der Waals surface area contributed by atoms with Crippen molar-refractivity contribution in [1.29, 1.82) is 0 Å². The predicted molar refractivity (Wildman–Crippen MR) is 105 cm³/mol. The second-order valence-corrected chi connectivity index (χ2v) is 7.81. The van der Waals surface area contributed by atoms with Crippen molar-refractivity contribution in [3.05, 3.63) is 23.8 Å². The summed E-state index contributed by atoms with van der Waals surface area (Å²) in [7, 11) is 1.47. The summed E-state index contributed by atoms with van der Waals surface area (Å²) in [5.74, 6) is -0.204. The van der Waals surface area contributed by atoms with Gasteiger partial charge in [-0.1, -0.05) is 13.8 Å². The molecule has 0 aliphatic heterocycles. The van der Waals surface area contributed by atoms with E-state index in [2.05, 4.69) is 10.6 Å². The van der Waals surface area contributed by atoms with Gasteiger partial charge in [0.15, 0.2) is 17.6 Å². The first-order valence-electron chi connectivity index (χ1n) is 9.07. The lowest BCUT2D eigenvalue weighted by Crippen LogP contribution is -2.50. The molecule has 2 N–H and O–H groups in total. The average Bonchev–Trinajstić information content (AvgIpc) is 2.57. The van der Waals surface area contributed by atoms with E-state index in [-0.39, 0.29) is 5.56 Å². The van der Waals surface area contributed by atoms with Gasteiger partial charge in [-0.05, 0) is 51.8 Å². The third kappa shape index (κ3) is 7.85. The number of hydrogen-bond acceptors (Lipinski definition) is 6. The first kappa shape index (κ1) is 23.3. The van der Waals surface area contributed by atoms with Crippen LogP contribution < -0.4 is 20.1 Å². The smallest absolute Gasteiger partial charge is 0.339 e. The van der Waals surface area contributed by atoms with Crippen LogP contribution in [-0.2, 0) is 9.53 Å². The van der Waals surface area contributed by atoms with Crippen molar-refractivity contribution < 1.29 is 28.6 Å². The van der Waals surface area contributed by atoms with Gasteiger partial charge in [0.2, 0.25) is 0 Å². The number of rotatable bonds is 7. The van der Waals surface area contributed by atoms with Crippen molar-refractivity contribution in [3.63, 3.8) is 0 Å². The molecule has 1 rings (SSSR count). The maximum atomic E-state index is 12.3. The minimum Gasteiger partial charge on any atom is -0.493 e. The monoisotopic (exact) mass is 394 g/mol. The molecule has 0 unspecified atom stereocenters. The number of carbonyl (C=O) groups excluding carboxylic acids is 3. The molecule has 0 fully saturated rings. The Morgan fingerprint density at radius 3 is 2.25 bits per heavy atom. The van der Waals surface area contributed by atoms with Gasteiger partial charge in [-0.3, -0.25) is 10.1 Å². The fraction of sp³-hybridized carbons (Fsp3) is 0.550. The molecule has 0 saturated carbocycles. The summed E-state index contributed by atoms with van der Waals surface area (Å²) in [6.45, 7) is 11.3. The van der Waals surface area contributed by atoms with Gasteiger partial charge in [0.05, 0.1) is 19.3 Å². The number of nitrogens with one attached hydrogen (secondary N) is 2. The number of amides is 3. The molecule has 1 atom stereocenters. The highest BCUT2D eigenvalue weighted by molar-refractivity contribution is 5.98. The fourth-order valence-electron chi connectivity index (χ4n) is 2.04. The van der Waals surface area contributed by atoms with E-state index in [1.165, 1.54) is 26.2 Å². The molecular weight excluding hydrogens is 364 g/mol. The molecule has 1 aromatic carbocycles. The van der Waals surface area contributed by atoms with Gasteiger partial charge >= 0.3 is 12.0 Å². The molecule has 0 saturated heterocycles. The first-order valence-corrected chi connectivity index (χ1v) is 9.07. The molecule has 8 heteroatoms. The molecule has 0 radical (unpaired) electrons. The molecule has 8 nitrogen and oxygen atoms in total. The second-order valence-electron chi connectivity index (χ2n) is 7.81. The number of esters is 1. The number of methoxy groups -OCH3 is 1.